The molecule has 0 amide bonds. The minimum absolute atomic E-state index is 0.194. The van der Waals surface area contributed by atoms with Gasteiger partial charge in [-0.05, 0) is 12.1 Å². The van der Waals surface area contributed by atoms with E-state index >= 15 is 0 Å². The summed E-state index contributed by atoms with van der Waals surface area (Å²) in [6, 6.07) is 7.46. The number of nitrogens with zero attached hydrogens (tertiary/aromatic N) is 4. The SMILES string of the molecule is COc1ccc(C2OC3C(CO)OC(n4cnc5c(N)ncnc54)C3O2)cc1. The lowest BCUT2D eigenvalue weighted by Crippen LogP contribution is -2.30. The predicted molar refractivity (Wildman–Crippen MR) is 96.2 cm³/mol. The summed E-state index contributed by atoms with van der Waals surface area (Å²) in [5.74, 6) is 1.04. The summed E-state index contributed by atoms with van der Waals surface area (Å²) in [6.07, 6.45) is 0.408. The Morgan fingerprint density at radius 1 is 1.11 bits per heavy atom. The first-order valence-electron chi connectivity index (χ1n) is 8.84. The summed E-state index contributed by atoms with van der Waals surface area (Å²) in [4.78, 5) is 12.5. The van der Waals surface area contributed by atoms with Crippen molar-refractivity contribution in [3.05, 3.63) is 42.5 Å². The predicted octanol–water partition coefficient (Wildman–Crippen LogP) is 0.790. The first-order chi connectivity index (χ1) is 13.7. The Morgan fingerprint density at radius 2 is 1.89 bits per heavy atom. The maximum absolute atomic E-state index is 9.76. The standard InChI is InChI=1S/C18H19N5O5/c1-25-10-4-2-9(3-5-10)18-27-13-11(6-24)26-17(14(13)28-18)23-8-22-12-15(19)20-7-21-16(12)23/h2-5,7-8,11,13-14,17-18,24H,6H2,1H3,(H2,19,20,21). The number of aliphatic hydroxyl groups excluding tert-OH is 1. The molecule has 146 valence electrons. The zero-order valence-electron chi connectivity index (χ0n) is 15.0. The number of methoxy groups -OCH3 is 1. The minimum atomic E-state index is -0.573. The number of anilines is 1. The van der Waals surface area contributed by atoms with Crippen LogP contribution >= 0.6 is 0 Å². The van der Waals surface area contributed by atoms with Gasteiger partial charge in [0.1, 0.15) is 35.9 Å². The Kier molecular flexibility index (Phi) is 4.13. The Morgan fingerprint density at radius 3 is 2.64 bits per heavy atom. The van der Waals surface area contributed by atoms with E-state index in [1.165, 1.54) is 6.33 Å². The van der Waals surface area contributed by atoms with Gasteiger partial charge in [0.15, 0.2) is 24.0 Å². The van der Waals surface area contributed by atoms with Crippen LogP contribution in [0.15, 0.2) is 36.9 Å². The third kappa shape index (κ3) is 2.61. The van der Waals surface area contributed by atoms with E-state index in [1.807, 2.05) is 24.3 Å². The Balaban J connectivity index is 1.46. The number of fused-ring (bicyclic) bond motifs is 2. The highest BCUT2D eigenvalue weighted by molar-refractivity contribution is 5.81. The van der Waals surface area contributed by atoms with Crippen molar-refractivity contribution >= 4 is 17.0 Å². The van der Waals surface area contributed by atoms with E-state index in [0.29, 0.717) is 11.2 Å². The van der Waals surface area contributed by atoms with E-state index in [4.69, 9.17) is 24.7 Å². The van der Waals surface area contributed by atoms with Gasteiger partial charge >= 0.3 is 0 Å². The van der Waals surface area contributed by atoms with Crippen LogP contribution < -0.4 is 10.5 Å². The fourth-order valence-corrected chi connectivity index (χ4v) is 3.68. The van der Waals surface area contributed by atoms with Gasteiger partial charge in [0.05, 0.1) is 20.0 Å². The number of nitrogens with two attached hydrogens (primary N) is 1. The van der Waals surface area contributed by atoms with Gasteiger partial charge in [0.2, 0.25) is 0 Å². The molecule has 28 heavy (non-hydrogen) atoms. The molecule has 2 aromatic heterocycles. The van der Waals surface area contributed by atoms with Crippen LogP contribution in [0.4, 0.5) is 5.82 Å². The van der Waals surface area contributed by atoms with Crippen molar-refractivity contribution in [1.82, 2.24) is 19.5 Å². The highest BCUT2D eigenvalue weighted by atomic mass is 16.8. The molecule has 4 heterocycles. The van der Waals surface area contributed by atoms with E-state index in [0.717, 1.165) is 11.3 Å². The molecule has 10 nitrogen and oxygen atoms in total. The molecule has 5 atom stereocenters. The number of imidazole rings is 1. The maximum Gasteiger partial charge on any atom is 0.185 e. The van der Waals surface area contributed by atoms with E-state index in [-0.39, 0.29) is 12.4 Å². The highest BCUT2D eigenvalue weighted by Gasteiger charge is 2.53. The quantitative estimate of drug-likeness (QED) is 0.670. The third-order valence-corrected chi connectivity index (χ3v) is 5.08. The minimum Gasteiger partial charge on any atom is -0.497 e. The zero-order valence-corrected chi connectivity index (χ0v) is 15.0. The van der Waals surface area contributed by atoms with Crippen molar-refractivity contribution in [2.24, 2.45) is 0 Å². The molecule has 3 N–H and O–H groups in total. The number of nitrogen functional groups attached to an aromatic ring is 1. The molecule has 0 spiro atoms. The molecule has 1 aromatic carbocycles. The molecule has 5 rings (SSSR count). The molecule has 3 aromatic rings. The average Bonchev–Trinajstić information content (AvgIpc) is 3.42. The molecular weight excluding hydrogens is 366 g/mol. The zero-order chi connectivity index (χ0) is 19.3. The summed E-state index contributed by atoms with van der Waals surface area (Å²) < 4.78 is 25.2. The third-order valence-electron chi connectivity index (χ3n) is 5.08. The van der Waals surface area contributed by atoms with Gasteiger partial charge in [-0.2, -0.15) is 0 Å². The summed E-state index contributed by atoms with van der Waals surface area (Å²) in [6.45, 7) is -0.194. The number of aliphatic hydroxyl groups is 1. The van der Waals surface area contributed by atoms with Crippen molar-refractivity contribution in [3.63, 3.8) is 0 Å². The summed E-state index contributed by atoms with van der Waals surface area (Å²) in [5.41, 5.74) is 7.75. The van der Waals surface area contributed by atoms with Gasteiger partial charge in [-0.3, -0.25) is 4.57 Å². The number of hydrogen-bond donors (Lipinski definition) is 2. The van der Waals surface area contributed by atoms with Gasteiger partial charge in [-0.25, -0.2) is 15.0 Å². The summed E-state index contributed by atoms with van der Waals surface area (Å²) in [5, 5.41) is 9.76. The molecule has 5 unspecified atom stereocenters. The normalized spacial score (nSPS) is 29.3. The van der Waals surface area contributed by atoms with Crippen LogP contribution in [-0.2, 0) is 14.2 Å². The van der Waals surface area contributed by atoms with Gasteiger partial charge in [0.25, 0.3) is 0 Å². The van der Waals surface area contributed by atoms with Crippen LogP contribution in [0.5, 0.6) is 5.75 Å². The van der Waals surface area contributed by atoms with E-state index < -0.39 is 30.8 Å². The lowest BCUT2D eigenvalue weighted by Gasteiger charge is -2.20. The Hall–Kier alpha value is -2.79. The highest BCUT2D eigenvalue weighted by Crippen LogP contribution is 2.44. The molecule has 10 heteroatoms. The summed E-state index contributed by atoms with van der Waals surface area (Å²) in [7, 11) is 1.61. The van der Waals surface area contributed by atoms with Crippen molar-refractivity contribution in [2.45, 2.75) is 30.8 Å². The largest absolute Gasteiger partial charge is 0.497 e. The van der Waals surface area contributed by atoms with Gasteiger partial charge in [-0.15, -0.1) is 0 Å². The molecule has 0 radical (unpaired) electrons. The van der Waals surface area contributed by atoms with E-state index in [1.54, 1.807) is 18.0 Å². The topological polar surface area (TPSA) is 127 Å². The van der Waals surface area contributed by atoms with Crippen LogP contribution in [-0.4, -0.2) is 56.7 Å². The second-order valence-corrected chi connectivity index (χ2v) is 6.64. The van der Waals surface area contributed by atoms with Crippen molar-refractivity contribution in [2.75, 3.05) is 19.5 Å². The Labute approximate surface area is 159 Å². The second-order valence-electron chi connectivity index (χ2n) is 6.64. The number of rotatable bonds is 4. The van der Waals surface area contributed by atoms with Crippen molar-refractivity contribution < 1.29 is 24.1 Å². The molecule has 2 saturated heterocycles. The molecule has 2 fully saturated rings. The van der Waals surface area contributed by atoms with Crippen LogP contribution in [0.25, 0.3) is 11.2 Å². The number of ether oxygens (including phenoxy) is 4. The summed E-state index contributed by atoms with van der Waals surface area (Å²) >= 11 is 0. The second kappa shape index (κ2) is 6.67. The molecule has 0 saturated carbocycles. The average molecular weight is 385 g/mol. The molecule has 2 aliphatic rings. The fourth-order valence-electron chi connectivity index (χ4n) is 3.68. The lowest BCUT2D eigenvalue weighted by atomic mass is 10.1. The maximum atomic E-state index is 9.76. The van der Waals surface area contributed by atoms with Crippen LogP contribution in [0.2, 0.25) is 0 Å². The van der Waals surface area contributed by atoms with Gasteiger partial charge in [0, 0.05) is 5.56 Å². The monoisotopic (exact) mass is 385 g/mol. The number of benzene rings is 1. The molecule has 0 aliphatic carbocycles. The smallest absolute Gasteiger partial charge is 0.185 e. The van der Waals surface area contributed by atoms with Crippen molar-refractivity contribution in [3.8, 4) is 5.75 Å². The van der Waals surface area contributed by atoms with E-state index in [2.05, 4.69) is 15.0 Å². The van der Waals surface area contributed by atoms with Crippen LogP contribution in [0.3, 0.4) is 0 Å². The lowest BCUT2D eigenvalue weighted by molar-refractivity contribution is -0.153. The van der Waals surface area contributed by atoms with Gasteiger partial charge < -0.3 is 29.8 Å². The fraction of sp³-hybridized carbons (Fsp3) is 0.389. The first-order valence-corrected chi connectivity index (χ1v) is 8.84. The van der Waals surface area contributed by atoms with Crippen LogP contribution in [0.1, 0.15) is 18.1 Å². The number of aromatic nitrogens is 4. The molecule has 0 bridgehead atoms. The van der Waals surface area contributed by atoms with Crippen LogP contribution in [0, 0.1) is 0 Å². The Bertz CT molecular complexity index is 994. The van der Waals surface area contributed by atoms with Gasteiger partial charge in [-0.1, -0.05) is 12.1 Å². The number of hydrogen-bond acceptors (Lipinski definition) is 9. The molecule has 2 aliphatic heterocycles. The van der Waals surface area contributed by atoms with Crippen molar-refractivity contribution in [1.29, 1.82) is 0 Å². The van der Waals surface area contributed by atoms with E-state index in [9.17, 15) is 5.11 Å². The first kappa shape index (κ1) is 17.3. The molecular formula is C18H19N5O5.